The fourth-order valence-electron chi connectivity index (χ4n) is 4.09. The van der Waals surface area contributed by atoms with Crippen LogP contribution in [-0.4, -0.2) is 42.6 Å². The molecule has 0 unspecified atom stereocenters. The van der Waals surface area contributed by atoms with Crippen LogP contribution < -0.4 is 15.0 Å². The number of likely N-dealkylation sites (tertiary alicyclic amines) is 1. The van der Waals surface area contributed by atoms with Crippen LogP contribution in [0.1, 0.15) is 25.3 Å². The van der Waals surface area contributed by atoms with Crippen LogP contribution in [0.2, 0.25) is 0 Å². The van der Waals surface area contributed by atoms with Crippen molar-refractivity contribution < 1.29 is 14.3 Å². The Morgan fingerprint density at radius 2 is 2.00 bits per heavy atom. The molecule has 1 fully saturated rings. The van der Waals surface area contributed by atoms with Crippen molar-refractivity contribution >= 4 is 33.6 Å². The van der Waals surface area contributed by atoms with Crippen LogP contribution in [0.5, 0.6) is 5.75 Å². The molecule has 0 saturated carbocycles. The van der Waals surface area contributed by atoms with Gasteiger partial charge in [0.2, 0.25) is 5.91 Å². The van der Waals surface area contributed by atoms with Gasteiger partial charge in [-0.05, 0) is 49.6 Å². The zero-order valence-electron chi connectivity index (χ0n) is 17.0. The fourth-order valence-corrected chi connectivity index (χ4v) is 4.53. The average molecular weight is 472 g/mol. The minimum atomic E-state index is -0.191. The van der Waals surface area contributed by atoms with Gasteiger partial charge in [0, 0.05) is 24.1 Å². The normalized spacial score (nSPS) is 20.9. The van der Waals surface area contributed by atoms with Gasteiger partial charge in [-0.3, -0.25) is 9.69 Å². The quantitative estimate of drug-likeness (QED) is 0.729. The van der Waals surface area contributed by atoms with E-state index in [0.29, 0.717) is 26.2 Å². The van der Waals surface area contributed by atoms with Gasteiger partial charge in [-0.2, -0.15) is 0 Å². The van der Waals surface area contributed by atoms with E-state index in [4.69, 9.17) is 4.74 Å². The SMILES string of the molecule is C[C@H]1CN(C(=O)N2CCC[C@@H](C(=O)NCc3cccc(Br)c3)C2)c2ccccc2O1. The Labute approximate surface area is 185 Å². The maximum Gasteiger partial charge on any atom is 0.324 e. The van der Waals surface area contributed by atoms with Crippen LogP contribution in [-0.2, 0) is 11.3 Å². The monoisotopic (exact) mass is 471 g/mol. The molecule has 4 rings (SSSR count). The Hall–Kier alpha value is -2.54. The van der Waals surface area contributed by atoms with Crippen molar-refractivity contribution in [2.24, 2.45) is 5.92 Å². The number of para-hydroxylation sites is 2. The minimum Gasteiger partial charge on any atom is -0.487 e. The van der Waals surface area contributed by atoms with Crippen molar-refractivity contribution in [3.05, 3.63) is 58.6 Å². The largest absolute Gasteiger partial charge is 0.487 e. The molecule has 1 N–H and O–H groups in total. The van der Waals surface area contributed by atoms with E-state index >= 15 is 0 Å². The van der Waals surface area contributed by atoms with Gasteiger partial charge >= 0.3 is 6.03 Å². The third-order valence-corrected chi connectivity index (χ3v) is 6.07. The maximum absolute atomic E-state index is 13.3. The number of nitrogens with one attached hydrogen (secondary N) is 1. The Balaban J connectivity index is 1.40. The summed E-state index contributed by atoms with van der Waals surface area (Å²) >= 11 is 3.45. The van der Waals surface area contributed by atoms with Gasteiger partial charge in [-0.1, -0.05) is 40.2 Å². The molecule has 6 nitrogen and oxygen atoms in total. The molecule has 0 radical (unpaired) electrons. The van der Waals surface area contributed by atoms with Crippen LogP contribution in [0.25, 0.3) is 0 Å². The number of nitrogens with zero attached hydrogens (tertiary/aromatic N) is 2. The molecule has 3 amide bonds. The van der Waals surface area contributed by atoms with E-state index in [1.165, 1.54) is 0 Å². The predicted molar refractivity (Wildman–Crippen MR) is 120 cm³/mol. The van der Waals surface area contributed by atoms with E-state index in [1.54, 1.807) is 4.90 Å². The zero-order chi connectivity index (χ0) is 21.1. The fraction of sp³-hybridized carbons (Fsp3) is 0.391. The summed E-state index contributed by atoms with van der Waals surface area (Å²) in [5.74, 6) is 0.539. The number of hydrogen-bond donors (Lipinski definition) is 1. The molecule has 0 bridgehead atoms. The van der Waals surface area contributed by atoms with Crippen LogP contribution in [0, 0.1) is 5.92 Å². The summed E-state index contributed by atoms with van der Waals surface area (Å²) in [6.45, 7) is 4.06. The summed E-state index contributed by atoms with van der Waals surface area (Å²) < 4.78 is 6.85. The first-order valence-electron chi connectivity index (χ1n) is 10.4. The molecule has 2 aliphatic rings. The number of benzene rings is 2. The van der Waals surface area contributed by atoms with Gasteiger partial charge in [-0.15, -0.1) is 0 Å². The van der Waals surface area contributed by atoms with Crippen molar-refractivity contribution in [2.45, 2.75) is 32.4 Å². The lowest BCUT2D eigenvalue weighted by Crippen LogP contribution is -2.53. The molecule has 2 aromatic rings. The van der Waals surface area contributed by atoms with Crippen molar-refractivity contribution in [2.75, 3.05) is 24.5 Å². The third kappa shape index (κ3) is 4.61. The molecule has 2 heterocycles. The number of piperidine rings is 1. The van der Waals surface area contributed by atoms with Crippen LogP contribution in [0.3, 0.4) is 0 Å². The van der Waals surface area contributed by atoms with Crippen molar-refractivity contribution in [3.8, 4) is 5.75 Å². The van der Waals surface area contributed by atoms with E-state index in [-0.39, 0.29) is 24.0 Å². The molecule has 7 heteroatoms. The third-order valence-electron chi connectivity index (χ3n) is 5.57. The molecule has 2 atom stereocenters. The molecular formula is C23H26BrN3O3. The van der Waals surface area contributed by atoms with E-state index in [0.717, 1.165) is 34.3 Å². The minimum absolute atomic E-state index is 0.00298. The second kappa shape index (κ2) is 9.08. The number of halogens is 1. The van der Waals surface area contributed by atoms with Gasteiger partial charge in [0.1, 0.15) is 11.9 Å². The molecular weight excluding hydrogens is 446 g/mol. The van der Waals surface area contributed by atoms with Gasteiger partial charge in [0.15, 0.2) is 0 Å². The standard InChI is InChI=1S/C23H26BrN3O3/c1-16-14-27(20-9-2-3-10-21(20)30-16)23(29)26-11-5-7-18(15-26)22(28)25-13-17-6-4-8-19(24)12-17/h2-4,6,8-10,12,16,18H,5,7,11,13-15H2,1H3,(H,25,28)/t16-,18+/m0/s1. The second-order valence-corrected chi connectivity index (χ2v) is 8.84. The summed E-state index contributed by atoms with van der Waals surface area (Å²) in [6.07, 6.45) is 1.55. The number of anilines is 1. The Morgan fingerprint density at radius 3 is 2.83 bits per heavy atom. The highest BCUT2D eigenvalue weighted by atomic mass is 79.9. The van der Waals surface area contributed by atoms with Gasteiger partial charge < -0.3 is 15.0 Å². The summed E-state index contributed by atoms with van der Waals surface area (Å²) in [4.78, 5) is 29.7. The molecule has 0 spiro atoms. The number of carbonyl (C=O) groups is 2. The number of carbonyl (C=O) groups excluding carboxylic acids is 2. The molecule has 30 heavy (non-hydrogen) atoms. The second-order valence-electron chi connectivity index (χ2n) is 7.92. The smallest absolute Gasteiger partial charge is 0.324 e. The Bertz CT molecular complexity index is 935. The molecule has 158 valence electrons. The van der Waals surface area contributed by atoms with Gasteiger partial charge in [0.05, 0.1) is 18.2 Å². The number of rotatable bonds is 3. The number of urea groups is 1. The number of hydrogen-bond acceptors (Lipinski definition) is 3. The molecule has 1 saturated heterocycles. The zero-order valence-corrected chi connectivity index (χ0v) is 18.6. The summed E-state index contributed by atoms with van der Waals surface area (Å²) in [5.41, 5.74) is 1.84. The van der Waals surface area contributed by atoms with E-state index in [9.17, 15) is 9.59 Å². The Morgan fingerprint density at radius 1 is 1.17 bits per heavy atom. The first kappa shape index (κ1) is 20.7. The van der Waals surface area contributed by atoms with Gasteiger partial charge in [-0.25, -0.2) is 4.79 Å². The van der Waals surface area contributed by atoms with E-state index in [2.05, 4.69) is 21.2 Å². The lowest BCUT2D eigenvalue weighted by atomic mass is 9.97. The van der Waals surface area contributed by atoms with E-state index < -0.39 is 0 Å². The lowest BCUT2D eigenvalue weighted by molar-refractivity contribution is -0.126. The first-order valence-corrected chi connectivity index (χ1v) is 11.1. The Kier molecular flexibility index (Phi) is 6.27. The highest BCUT2D eigenvalue weighted by molar-refractivity contribution is 9.10. The van der Waals surface area contributed by atoms with E-state index in [1.807, 2.05) is 60.4 Å². The molecule has 0 aliphatic carbocycles. The number of amides is 3. The summed E-state index contributed by atoms with van der Waals surface area (Å²) in [7, 11) is 0. The molecule has 2 aromatic carbocycles. The van der Waals surface area contributed by atoms with Crippen LogP contribution in [0.15, 0.2) is 53.0 Å². The highest BCUT2D eigenvalue weighted by Crippen LogP contribution is 2.34. The van der Waals surface area contributed by atoms with Crippen molar-refractivity contribution in [1.29, 1.82) is 0 Å². The average Bonchev–Trinajstić information content (AvgIpc) is 2.76. The van der Waals surface area contributed by atoms with Gasteiger partial charge in [0.25, 0.3) is 0 Å². The number of ether oxygens (including phenoxy) is 1. The molecule has 0 aromatic heterocycles. The van der Waals surface area contributed by atoms with Crippen molar-refractivity contribution in [1.82, 2.24) is 10.2 Å². The lowest BCUT2D eigenvalue weighted by Gasteiger charge is -2.39. The molecule has 2 aliphatic heterocycles. The highest BCUT2D eigenvalue weighted by Gasteiger charge is 2.34. The predicted octanol–water partition coefficient (Wildman–Crippen LogP) is 4.18. The summed E-state index contributed by atoms with van der Waals surface area (Å²) in [6, 6.07) is 15.5. The van der Waals surface area contributed by atoms with Crippen molar-refractivity contribution in [3.63, 3.8) is 0 Å². The maximum atomic E-state index is 13.3. The van der Waals surface area contributed by atoms with Crippen LogP contribution in [0.4, 0.5) is 10.5 Å². The first-order chi connectivity index (χ1) is 14.5. The topological polar surface area (TPSA) is 61.9 Å². The van der Waals surface area contributed by atoms with Crippen LogP contribution >= 0.6 is 15.9 Å². The summed E-state index contributed by atoms with van der Waals surface area (Å²) in [5, 5.41) is 3.03. The number of fused-ring (bicyclic) bond motifs is 1.